The Bertz CT molecular complexity index is 1120. The number of hydrogen-bond acceptors (Lipinski definition) is 8. The Hall–Kier alpha value is -3.24. The lowest BCUT2D eigenvalue weighted by molar-refractivity contribution is -0.384. The van der Waals surface area contributed by atoms with Crippen molar-refractivity contribution in [3.05, 3.63) is 68.8 Å². The number of nitrogens with zero attached hydrogens (tertiary/aromatic N) is 4. The summed E-state index contributed by atoms with van der Waals surface area (Å²) in [5, 5.41) is 14.1. The Balaban J connectivity index is 1.63. The Morgan fingerprint density at radius 3 is 2.86 bits per heavy atom. The first-order valence-electron chi connectivity index (χ1n) is 8.02. The summed E-state index contributed by atoms with van der Waals surface area (Å²) in [5.74, 6) is 0.580. The van der Waals surface area contributed by atoms with E-state index in [1.54, 1.807) is 49.7 Å². The average Bonchev–Trinajstić information content (AvgIpc) is 3.42. The molecule has 3 aromatic rings. The number of amidine groups is 1. The van der Waals surface area contributed by atoms with Crippen LogP contribution in [-0.2, 0) is 4.79 Å². The summed E-state index contributed by atoms with van der Waals surface area (Å²) in [4.78, 5) is 33.6. The summed E-state index contributed by atoms with van der Waals surface area (Å²) in [6, 6.07) is 9.66. The zero-order valence-corrected chi connectivity index (χ0v) is 16.1. The van der Waals surface area contributed by atoms with Crippen LogP contribution in [0, 0.1) is 10.1 Å². The molecule has 0 aliphatic carbocycles. The Kier molecular flexibility index (Phi) is 4.80. The minimum absolute atomic E-state index is 0.0417. The van der Waals surface area contributed by atoms with Crippen molar-refractivity contribution >= 4 is 51.1 Å². The number of nitro groups is 1. The van der Waals surface area contributed by atoms with E-state index in [4.69, 9.17) is 4.42 Å². The molecule has 0 saturated carbocycles. The van der Waals surface area contributed by atoms with Gasteiger partial charge in [-0.1, -0.05) is 12.1 Å². The van der Waals surface area contributed by atoms with Crippen LogP contribution in [0.2, 0.25) is 0 Å². The number of aliphatic imine (C=N–C) groups is 1. The molecule has 3 heterocycles. The maximum Gasteiger partial charge on any atom is 0.280 e. The molecule has 1 aromatic carbocycles. The first kappa shape index (κ1) is 18.1. The van der Waals surface area contributed by atoms with Crippen LogP contribution in [-0.4, -0.2) is 32.9 Å². The highest BCUT2D eigenvalue weighted by Crippen LogP contribution is 2.35. The normalized spacial score (nSPS) is 17.0. The van der Waals surface area contributed by atoms with Crippen LogP contribution in [0.3, 0.4) is 0 Å². The fraction of sp³-hybridized carbons (Fsp3) is 0.0556. The maximum atomic E-state index is 12.5. The van der Waals surface area contributed by atoms with E-state index in [1.807, 2.05) is 5.38 Å². The van der Waals surface area contributed by atoms with E-state index < -0.39 is 4.92 Å². The predicted molar refractivity (Wildman–Crippen MR) is 108 cm³/mol. The van der Waals surface area contributed by atoms with Crippen LogP contribution in [0.1, 0.15) is 5.76 Å². The van der Waals surface area contributed by atoms with Crippen molar-refractivity contribution in [2.24, 2.45) is 4.99 Å². The van der Waals surface area contributed by atoms with E-state index in [-0.39, 0.29) is 11.6 Å². The number of carbonyl (C=O) groups excluding carboxylic acids is 1. The monoisotopic (exact) mass is 412 g/mol. The number of amides is 1. The lowest BCUT2D eigenvalue weighted by Crippen LogP contribution is -2.23. The second kappa shape index (κ2) is 7.41. The summed E-state index contributed by atoms with van der Waals surface area (Å²) in [7, 11) is 1.64. The minimum Gasteiger partial charge on any atom is -0.456 e. The summed E-state index contributed by atoms with van der Waals surface area (Å²) in [6.45, 7) is 0. The zero-order chi connectivity index (χ0) is 19.7. The largest absolute Gasteiger partial charge is 0.456 e. The minimum atomic E-state index is -0.456. The van der Waals surface area contributed by atoms with Crippen LogP contribution >= 0.6 is 23.1 Å². The van der Waals surface area contributed by atoms with Crippen LogP contribution < -0.4 is 0 Å². The van der Waals surface area contributed by atoms with E-state index in [9.17, 15) is 14.9 Å². The first-order valence-corrected chi connectivity index (χ1v) is 9.72. The highest BCUT2D eigenvalue weighted by atomic mass is 32.2. The molecule has 2 aromatic heterocycles. The van der Waals surface area contributed by atoms with Crippen LogP contribution in [0.5, 0.6) is 0 Å². The van der Waals surface area contributed by atoms with Crippen molar-refractivity contribution in [1.29, 1.82) is 0 Å². The van der Waals surface area contributed by atoms with Crippen molar-refractivity contribution in [1.82, 2.24) is 9.88 Å². The zero-order valence-electron chi connectivity index (χ0n) is 14.4. The quantitative estimate of drug-likeness (QED) is 0.354. The highest BCUT2D eigenvalue weighted by molar-refractivity contribution is 8.18. The average molecular weight is 412 g/mol. The second-order valence-corrected chi connectivity index (χ2v) is 7.54. The second-order valence-electron chi connectivity index (χ2n) is 5.66. The number of rotatable bonds is 4. The summed E-state index contributed by atoms with van der Waals surface area (Å²) in [5.41, 5.74) is 0.339. The number of benzene rings is 1. The third-order valence-electron chi connectivity index (χ3n) is 3.88. The number of nitro benzene ring substituents is 1. The van der Waals surface area contributed by atoms with Gasteiger partial charge in [0.15, 0.2) is 5.17 Å². The third-order valence-corrected chi connectivity index (χ3v) is 5.61. The number of aromatic nitrogens is 1. The third kappa shape index (κ3) is 3.47. The molecule has 140 valence electrons. The molecule has 1 saturated heterocycles. The molecule has 4 rings (SSSR count). The van der Waals surface area contributed by atoms with Gasteiger partial charge in [-0.25, -0.2) is 4.98 Å². The number of thioether (sulfide) groups is 1. The van der Waals surface area contributed by atoms with Crippen molar-refractivity contribution in [2.75, 3.05) is 7.05 Å². The molecule has 8 nitrogen and oxygen atoms in total. The van der Waals surface area contributed by atoms with Gasteiger partial charge in [-0.05, 0) is 30.0 Å². The topological polar surface area (TPSA) is 102 Å². The van der Waals surface area contributed by atoms with Gasteiger partial charge in [-0.15, -0.1) is 11.3 Å². The van der Waals surface area contributed by atoms with E-state index in [2.05, 4.69) is 9.98 Å². The number of carbonyl (C=O) groups is 1. The molecule has 0 bridgehead atoms. The predicted octanol–water partition coefficient (Wildman–Crippen LogP) is 4.55. The summed E-state index contributed by atoms with van der Waals surface area (Å²) in [6.07, 6.45) is 3.25. The first-order chi connectivity index (χ1) is 13.5. The molecule has 0 radical (unpaired) electrons. The van der Waals surface area contributed by atoms with Crippen LogP contribution in [0.15, 0.2) is 62.3 Å². The maximum absolute atomic E-state index is 12.5. The van der Waals surface area contributed by atoms with Gasteiger partial charge >= 0.3 is 0 Å². The van der Waals surface area contributed by atoms with Gasteiger partial charge in [-0.2, -0.15) is 4.99 Å². The van der Waals surface area contributed by atoms with Gasteiger partial charge in [0, 0.05) is 30.8 Å². The summed E-state index contributed by atoms with van der Waals surface area (Å²) < 4.78 is 5.73. The molecular weight excluding hydrogens is 400 g/mol. The fourth-order valence-electron chi connectivity index (χ4n) is 2.55. The van der Waals surface area contributed by atoms with E-state index in [1.165, 1.54) is 34.1 Å². The van der Waals surface area contributed by atoms with Crippen molar-refractivity contribution in [2.45, 2.75) is 0 Å². The van der Waals surface area contributed by atoms with Crippen LogP contribution in [0.4, 0.5) is 10.8 Å². The molecule has 28 heavy (non-hydrogen) atoms. The smallest absolute Gasteiger partial charge is 0.280 e. The lowest BCUT2D eigenvalue weighted by Gasteiger charge is -2.05. The number of thiazole rings is 1. The van der Waals surface area contributed by atoms with Gasteiger partial charge in [0.2, 0.25) is 5.13 Å². The summed E-state index contributed by atoms with van der Waals surface area (Å²) >= 11 is 2.60. The van der Waals surface area contributed by atoms with Crippen molar-refractivity contribution < 1.29 is 14.1 Å². The molecule has 0 atom stereocenters. The van der Waals surface area contributed by atoms with E-state index in [0.29, 0.717) is 32.3 Å². The fourth-order valence-corrected chi connectivity index (χ4v) is 4.06. The van der Waals surface area contributed by atoms with Gasteiger partial charge in [0.1, 0.15) is 11.5 Å². The Morgan fingerprint density at radius 2 is 2.11 bits per heavy atom. The SMILES string of the molecule is CN1C(=O)/C(=C\c2ccc(-c3ccccc3[N+](=O)[O-])o2)S/C1=N/c1nccs1. The number of hydrogen-bond donors (Lipinski definition) is 0. The molecule has 0 spiro atoms. The molecule has 0 N–H and O–H groups in total. The highest BCUT2D eigenvalue weighted by Gasteiger charge is 2.31. The Morgan fingerprint density at radius 1 is 1.29 bits per heavy atom. The van der Waals surface area contributed by atoms with E-state index in [0.717, 1.165) is 0 Å². The number of likely N-dealkylation sites (N-methyl/N-ethyl adjacent to an activating group) is 1. The number of furan rings is 1. The molecule has 1 amide bonds. The van der Waals surface area contributed by atoms with Crippen molar-refractivity contribution in [3.8, 4) is 11.3 Å². The van der Waals surface area contributed by atoms with Crippen LogP contribution in [0.25, 0.3) is 17.4 Å². The Labute approximate surface area is 167 Å². The van der Waals surface area contributed by atoms with E-state index >= 15 is 0 Å². The molecule has 1 aliphatic rings. The lowest BCUT2D eigenvalue weighted by atomic mass is 10.1. The molecule has 1 fully saturated rings. The van der Waals surface area contributed by atoms with Gasteiger partial charge in [0.05, 0.1) is 15.4 Å². The molecule has 10 heteroatoms. The van der Waals surface area contributed by atoms with Gasteiger partial charge in [-0.3, -0.25) is 19.8 Å². The van der Waals surface area contributed by atoms with Gasteiger partial charge < -0.3 is 4.42 Å². The molecule has 0 unspecified atom stereocenters. The van der Waals surface area contributed by atoms with Gasteiger partial charge in [0.25, 0.3) is 11.6 Å². The molecular formula is C18H12N4O4S2. The standard InChI is InChI=1S/C18H12N4O4S2/c1-21-16(23)15(28-18(21)20-17-19-8-9-27-17)10-11-6-7-14(26-11)12-4-2-3-5-13(12)22(24)25/h2-10H,1H3/b15-10+,20-18+. The number of para-hydroxylation sites is 1. The molecule has 1 aliphatic heterocycles. The van der Waals surface area contributed by atoms with Crippen molar-refractivity contribution in [3.63, 3.8) is 0 Å².